The van der Waals surface area contributed by atoms with Crippen LogP contribution < -0.4 is 0 Å². The molecule has 0 spiro atoms. The van der Waals surface area contributed by atoms with Gasteiger partial charge in [-0.05, 0) is 39.8 Å². The number of hydrogen-bond acceptors (Lipinski definition) is 5. The third-order valence-corrected chi connectivity index (χ3v) is 4.36. The van der Waals surface area contributed by atoms with Crippen LogP contribution in [-0.4, -0.2) is 44.2 Å². The highest BCUT2D eigenvalue weighted by atomic mass is 32.2. The molecule has 1 aliphatic heterocycles. The molecule has 1 aromatic rings. The quantitative estimate of drug-likeness (QED) is 0.627. The zero-order chi connectivity index (χ0) is 16.5. The van der Waals surface area contributed by atoms with E-state index in [0.717, 1.165) is 5.56 Å². The molecule has 1 saturated heterocycles. The van der Waals surface area contributed by atoms with Crippen molar-refractivity contribution < 1.29 is 22.1 Å². The number of rotatable bonds is 4. The molecule has 0 aromatic heterocycles. The van der Waals surface area contributed by atoms with E-state index < -0.39 is 21.8 Å². The van der Waals surface area contributed by atoms with Crippen LogP contribution in [0.4, 0.5) is 4.79 Å². The summed E-state index contributed by atoms with van der Waals surface area (Å²) < 4.78 is 34.3. The monoisotopic (exact) mass is 327 g/mol. The first-order valence-electron chi connectivity index (χ1n) is 7.04. The van der Waals surface area contributed by atoms with Gasteiger partial charge in [0.15, 0.2) is 0 Å². The minimum atomic E-state index is -3.80. The van der Waals surface area contributed by atoms with E-state index in [4.69, 9.17) is 8.92 Å². The van der Waals surface area contributed by atoms with Crippen LogP contribution in [0.1, 0.15) is 26.3 Å². The van der Waals surface area contributed by atoms with Crippen LogP contribution in [0.2, 0.25) is 0 Å². The molecule has 22 heavy (non-hydrogen) atoms. The zero-order valence-electron chi connectivity index (χ0n) is 13.2. The maximum absolute atomic E-state index is 12.0. The summed E-state index contributed by atoms with van der Waals surface area (Å²) in [6.45, 7) is 7.60. The maximum atomic E-state index is 12.0. The molecule has 1 fully saturated rings. The lowest BCUT2D eigenvalue weighted by molar-refractivity contribution is 0.0398. The average Bonchev–Trinajstić information content (AvgIpc) is 3.15. The van der Waals surface area contributed by atoms with Gasteiger partial charge in [0.25, 0.3) is 10.1 Å². The van der Waals surface area contributed by atoms with Gasteiger partial charge in [0.1, 0.15) is 5.60 Å². The van der Waals surface area contributed by atoms with E-state index in [2.05, 4.69) is 0 Å². The van der Waals surface area contributed by atoms with Crippen LogP contribution >= 0.6 is 0 Å². The summed E-state index contributed by atoms with van der Waals surface area (Å²) in [6.07, 6.45) is -0.450. The van der Waals surface area contributed by atoms with Crippen molar-refractivity contribution in [3.63, 3.8) is 0 Å². The number of carbonyl (C=O) groups is 1. The Bertz CT molecular complexity index is 646. The van der Waals surface area contributed by atoms with Gasteiger partial charge in [-0.3, -0.25) is 9.08 Å². The number of aryl methyl sites for hydroxylation is 1. The van der Waals surface area contributed by atoms with Gasteiger partial charge < -0.3 is 4.74 Å². The van der Waals surface area contributed by atoms with Gasteiger partial charge in [-0.1, -0.05) is 17.7 Å². The van der Waals surface area contributed by atoms with Crippen molar-refractivity contribution >= 4 is 16.2 Å². The minimum absolute atomic E-state index is 0.0601. The Balaban J connectivity index is 1.87. The minimum Gasteiger partial charge on any atom is -0.444 e. The number of hydrogen-bond donors (Lipinski definition) is 0. The lowest BCUT2D eigenvalue weighted by atomic mass is 10.2. The fourth-order valence-electron chi connectivity index (χ4n) is 1.81. The van der Waals surface area contributed by atoms with E-state index in [-0.39, 0.29) is 17.5 Å². The predicted molar refractivity (Wildman–Crippen MR) is 81.0 cm³/mol. The Kier molecular flexibility index (Phi) is 4.49. The third kappa shape index (κ3) is 4.45. The first-order chi connectivity index (χ1) is 10.1. The second-order valence-electron chi connectivity index (χ2n) is 6.34. The smallest absolute Gasteiger partial charge is 0.410 e. The molecular weight excluding hydrogens is 306 g/mol. The SMILES string of the molecule is Cc1ccc(S(=O)(=O)OCC2CN2C(=O)OC(C)(C)C)cc1. The molecule has 0 bridgehead atoms. The molecular formula is C15H21NO5S. The molecule has 1 aliphatic rings. The topological polar surface area (TPSA) is 72.7 Å². The standard InChI is InChI=1S/C15H21NO5S/c1-11-5-7-13(8-6-11)22(18,19)20-10-12-9-16(12)14(17)21-15(2,3)4/h5-8,12H,9-10H2,1-4H3. The summed E-state index contributed by atoms with van der Waals surface area (Å²) >= 11 is 0. The van der Waals surface area contributed by atoms with Crippen LogP contribution in [0, 0.1) is 6.92 Å². The molecule has 1 amide bonds. The second-order valence-corrected chi connectivity index (χ2v) is 7.95. The van der Waals surface area contributed by atoms with Crippen molar-refractivity contribution in [2.24, 2.45) is 0 Å². The van der Waals surface area contributed by atoms with E-state index >= 15 is 0 Å². The number of nitrogens with zero attached hydrogens (tertiary/aromatic N) is 1. The molecule has 1 unspecified atom stereocenters. The molecule has 7 heteroatoms. The molecule has 2 rings (SSSR count). The largest absolute Gasteiger partial charge is 0.444 e. The first-order valence-corrected chi connectivity index (χ1v) is 8.45. The van der Waals surface area contributed by atoms with Crippen molar-refractivity contribution in [2.45, 2.75) is 44.2 Å². The molecule has 0 radical (unpaired) electrons. The summed E-state index contributed by atoms with van der Waals surface area (Å²) in [6, 6.07) is 6.17. The molecule has 1 heterocycles. The second kappa shape index (κ2) is 5.89. The summed E-state index contributed by atoms with van der Waals surface area (Å²) in [4.78, 5) is 13.3. The van der Waals surface area contributed by atoms with Crippen LogP contribution in [0.3, 0.4) is 0 Å². The number of carbonyl (C=O) groups excluding carboxylic acids is 1. The van der Waals surface area contributed by atoms with Crippen molar-refractivity contribution in [3.05, 3.63) is 29.8 Å². The Hall–Kier alpha value is -1.60. The average molecular weight is 327 g/mol. The van der Waals surface area contributed by atoms with Gasteiger partial charge >= 0.3 is 6.09 Å². The Morgan fingerprint density at radius 3 is 2.41 bits per heavy atom. The lowest BCUT2D eigenvalue weighted by Gasteiger charge is -2.19. The first kappa shape index (κ1) is 16.8. The predicted octanol–water partition coefficient (Wildman–Crippen LogP) is 2.32. The maximum Gasteiger partial charge on any atom is 0.410 e. The summed E-state index contributed by atoms with van der Waals surface area (Å²) in [5.74, 6) is 0. The van der Waals surface area contributed by atoms with Crippen LogP contribution in [0.15, 0.2) is 29.2 Å². The molecule has 1 atom stereocenters. The molecule has 0 N–H and O–H groups in total. The van der Waals surface area contributed by atoms with Crippen LogP contribution in [0.5, 0.6) is 0 Å². The van der Waals surface area contributed by atoms with E-state index in [1.54, 1.807) is 32.9 Å². The number of benzene rings is 1. The Morgan fingerprint density at radius 1 is 1.27 bits per heavy atom. The van der Waals surface area contributed by atoms with Gasteiger partial charge in [0, 0.05) is 6.54 Å². The van der Waals surface area contributed by atoms with Gasteiger partial charge in [-0.25, -0.2) is 4.79 Å². The van der Waals surface area contributed by atoms with Gasteiger partial charge in [0.2, 0.25) is 0 Å². The number of ether oxygens (including phenoxy) is 1. The van der Waals surface area contributed by atoms with Gasteiger partial charge in [0.05, 0.1) is 17.5 Å². The third-order valence-electron chi connectivity index (χ3n) is 3.07. The highest BCUT2D eigenvalue weighted by Gasteiger charge is 2.42. The van der Waals surface area contributed by atoms with E-state index in [1.807, 2.05) is 6.92 Å². The van der Waals surface area contributed by atoms with Crippen LogP contribution in [0.25, 0.3) is 0 Å². The highest BCUT2D eigenvalue weighted by molar-refractivity contribution is 7.86. The summed E-state index contributed by atoms with van der Waals surface area (Å²) in [5.41, 5.74) is 0.399. The normalized spacial score (nSPS) is 18.2. The Labute approximate surface area is 131 Å². The zero-order valence-corrected chi connectivity index (χ0v) is 14.0. The Morgan fingerprint density at radius 2 is 1.86 bits per heavy atom. The van der Waals surface area contributed by atoms with E-state index in [9.17, 15) is 13.2 Å². The van der Waals surface area contributed by atoms with Gasteiger partial charge in [-0.2, -0.15) is 8.42 Å². The summed E-state index contributed by atoms with van der Waals surface area (Å²) in [7, 11) is -3.80. The fraction of sp³-hybridized carbons (Fsp3) is 0.533. The van der Waals surface area contributed by atoms with E-state index in [0.29, 0.717) is 6.54 Å². The van der Waals surface area contributed by atoms with E-state index in [1.165, 1.54) is 17.0 Å². The highest BCUT2D eigenvalue weighted by Crippen LogP contribution is 2.23. The lowest BCUT2D eigenvalue weighted by Crippen LogP contribution is -2.28. The van der Waals surface area contributed by atoms with Crippen molar-refractivity contribution in [2.75, 3.05) is 13.2 Å². The molecule has 1 aromatic carbocycles. The van der Waals surface area contributed by atoms with Gasteiger partial charge in [-0.15, -0.1) is 0 Å². The van der Waals surface area contributed by atoms with Crippen molar-refractivity contribution in [1.29, 1.82) is 0 Å². The van der Waals surface area contributed by atoms with Crippen molar-refractivity contribution in [1.82, 2.24) is 4.90 Å². The summed E-state index contributed by atoms with van der Waals surface area (Å²) in [5, 5.41) is 0. The van der Waals surface area contributed by atoms with Crippen molar-refractivity contribution in [3.8, 4) is 0 Å². The molecule has 122 valence electrons. The fourth-order valence-corrected chi connectivity index (χ4v) is 2.75. The number of amides is 1. The van der Waals surface area contributed by atoms with Crippen LogP contribution in [-0.2, 0) is 19.0 Å². The molecule has 0 saturated carbocycles. The molecule has 0 aliphatic carbocycles. The molecule has 6 nitrogen and oxygen atoms in total.